The second-order valence-electron chi connectivity index (χ2n) is 5.54. The van der Waals surface area contributed by atoms with Gasteiger partial charge in [-0.05, 0) is 41.7 Å². The summed E-state index contributed by atoms with van der Waals surface area (Å²) in [4.78, 5) is 23.3. The predicted molar refractivity (Wildman–Crippen MR) is 84.8 cm³/mol. The Morgan fingerprint density at radius 2 is 1.73 bits per heavy atom. The first kappa shape index (κ1) is 14.3. The molecule has 0 saturated carbocycles. The highest BCUT2D eigenvalue weighted by molar-refractivity contribution is 6.07. The average Bonchev–Trinajstić information content (AvgIpc) is 2.97. The molecule has 0 amide bonds. The molecule has 0 fully saturated rings. The molecule has 3 nitrogen and oxygen atoms in total. The van der Waals surface area contributed by atoms with Crippen molar-refractivity contribution in [3.8, 4) is 0 Å². The molecule has 22 heavy (non-hydrogen) atoms. The second-order valence-corrected chi connectivity index (χ2v) is 5.54. The summed E-state index contributed by atoms with van der Waals surface area (Å²) in [6.07, 6.45) is 4.41. The van der Waals surface area contributed by atoms with Crippen LogP contribution in [-0.4, -0.2) is 16.9 Å². The lowest BCUT2D eigenvalue weighted by Crippen LogP contribution is -2.12. The van der Waals surface area contributed by atoms with Crippen LogP contribution < -0.4 is 0 Å². The van der Waals surface area contributed by atoms with Crippen molar-refractivity contribution in [1.29, 1.82) is 0 Å². The first-order chi connectivity index (χ1) is 10.6. The monoisotopic (exact) mass is 292 g/mol. The Hall–Kier alpha value is -2.68. The van der Waals surface area contributed by atoms with Crippen molar-refractivity contribution in [2.24, 2.45) is 5.92 Å². The van der Waals surface area contributed by atoms with Gasteiger partial charge in [-0.1, -0.05) is 48.5 Å². The summed E-state index contributed by atoms with van der Waals surface area (Å²) in [6.45, 7) is 0. The molecular formula is C19H16O3. The van der Waals surface area contributed by atoms with Gasteiger partial charge in [0.1, 0.15) is 0 Å². The van der Waals surface area contributed by atoms with E-state index in [1.54, 1.807) is 18.2 Å². The van der Waals surface area contributed by atoms with Crippen molar-refractivity contribution < 1.29 is 14.7 Å². The van der Waals surface area contributed by atoms with E-state index in [1.807, 2.05) is 42.5 Å². The summed E-state index contributed by atoms with van der Waals surface area (Å²) in [7, 11) is 0. The van der Waals surface area contributed by atoms with Gasteiger partial charge >= 0.3 is 5.97 Å². The van der Waals surface area contributed by atoms with Crippen LogP contribution >= 0.6 is 0 Å². The SMILES string of the molecule is O=C(C=Cc1ccccc1)c1ccc2c(c1)CC(C(=O)O)C2. The van der Waals surface area contributed by atoms with Crippen LogP contribution in [0.4, 0.5) is 0 Å². The molecule has 0 bridgehead atoms. The first-order valence-corrected chi connectivity index (χ1v) is 7.25. The molecule has 2 aromatic rings. The number of carbonyl (C=O) groups excluding carboxylic acids is 1. The summed E-state index contributed by atoms with van der Waals surface area (Å²) in [5.74, 6) is -1.20. The number of hydrogen-bond acceptors (Lipinski definition) is 2. The van der Waals surface area contributed by atoms with Crippen LogP contribution in [0.15, 0.2) is 54.6 Å². The third kappa shape index (κ3) is 2.98. The molecule has 0 spiro atoms. The number of aliphatic carboxylic acids is 1. The number of hydrogen-bond donors (Lipinski definition) is 1. The summed E-state index contributed by atoms with van der Waals surface area (Å²) in [5, 5.41) is 9.10. The maximum Gasteiger partial charge on any atom is 0.307 e. The maximum absolute atomic E-state index is 12.2. The normalized spacial score (nSPS) is 16.6. The fraction of sp³-hybridized carbons (Fsp3) is 0.158. The quantitative estimate of drug-likeness (QED) is 0.694. The van der Waals surface area contributed by atoms with Gasteiger partial charge in [0.05, 0.1) is 5.92 Å². The Kier molecular flexibility index (Phi) is 3.88. The lowest BCUT2D eigenvalue weighted by atomic mass is 10.0. The van der Waals surface area contributed by atoms with Crippen LogP contribution in [0.3, 0.4) is 0 Å². The van der Waals surface area contributed by atoms with Crippen molar-refractivity contribution >= 4 is 17.8 Å². The molecule has 1 N–H and O–H groups in total. The molecular weight excluding hydrogens is 276 g/mol. The largest absolute Gasteiger partial charge is 0.481 e. The number of carboxylic acid groups (broad SMARTS) is 1. The van der Waals surface area contributed by atoms with Crippen LogP contribution in [0, 0.1) is 5.92 Å². The highest BCUT2D eigenvalue weighted by Gasteiger charge is 2.27. The van der Waals surface area contributed by atoms with Gasteiger partial charge in [-0.15, -0.1) is 0 Å². The van der Waals surface area contributed by atoms with Crippen LogP contribution in [0.2, 0.25) is 0 Å². The van der Waals surface area contributed by atoms with Crippen LogP contribution in [0.25, 0.3) is 6.08 Å². The number of ketones is 1. The van der Waals surface area contributed by atoms with E-state index in [1.165, 1.54) is 0 Å². The molecule has 3 rings (SSSR count). The van der Waals surface area contributed by atoms with Crippen molar-refractivity contribution in [1.82, 2.24) is 0 Å². The Morgan fingerprint density at radius 1 is 1.00 bits per heavy atom. The van der Waals surface area contributed by atoms with Gasteiger partial charge in [0.15, 0.2) is 5.78 Å². The molecule has 1 atom stereocenters. The molecule has 0 aromatic heterocycles. The van der Waals surface area contributed by atoms with E-state index in [-0.39, 0.29) is 11.7 Å². The fourth-order valence-corrected chi connectivity index (χ4v) is 2.78. The van der Waals surface area contributed by atoms with Crippen molar-refractivity contribution in [3.05, 3.63) is 76.9 Å². The molecule has 1 aliphatic rings. The Bertz CT molecular complexity index is 745. The van der Waals surface area contributed by atoms with Crippen LogP contribution in [0.1, 0.15) is 27.0 Å². The molecule has 0 radical (unpaired) electrons. The van der Waals surface area contributed by atoms with E-state index >= 15 is 0 Å². The van der Waals surface area contributed by atoms with Gasteiger partial charge in [0, 0.05) is 5.56 Å². The minimum atomic E-state index is -0.770. The molecule has 0 aliphatic heterocycles. The van der Waals surface area contributed by atoms with E-state index in [9.17, 15) is 9.59 Å². The number of carboxylic acids is 1. The summed E-state index contributed by atoms with van der Waals surface area (Å²) < 4.78 is 0. The van der Waals surface area contributed by atoms with Gasteiger partial charge in [0.25, 0.3) is 0 Å². The van der Waals surface area contributed by atoms with E-state index in [4.69, 9.17) is 5.11 Å². The van der Waals surface area contributed by atoms with E-state index < -0.39 is 5.97 Å². The van der Waals surface area contributed by atoms with Crippen LogP contribution in [0.5, 0.6) is 0 Å². The predicted octanol–water partition coefficient (Wildman–Crippen LogP) is 3.38. The zero-order valence-electron chi connectivity index (χ0n) is 12.0. The molecule has 3 heteroatoms. The topological polar surface area (TPSA) is 54.4 Å². The minimum absolute atomic E-state index is 0.0644. The summed E-state index contributed by atoms with van der Waals surface area (Å²) in [5.41, 5.74) is 3.60. The van der Waals surface area contributed by atoms with Crippen molar-refractivity contribution in [2.75, 3.05) is 0 Å². The highest BCUT2D eigenvalue weighted by atomic mass is 16.4. The van der Waals surface area contributed by atoms with Gasteiger partial charge in [-0.25, -0.2) is 0 Å². The minimum Gasteiger partial charge on any atom is -0.481 e. The molecule has 0 saturated heterocycles. The lowest BCUT2D eigenvalue weighted by molar-refractivity contribution is -0.141. The zero-order valence-corrected chi connectivity index (χ0v) is 12.0. The molecule has 2 aromatic carbocycles. The van der Waals surface area contributed by atoms with Crippen LogP contribution in [-0.2, 0) is 17.6 Å². The number of fused-ring (bicyclic) bond motifs is 1. The van der Waals surface area contributed by atoms with Gasteiger partial charge in [-0.2, -0.15) is 0 Å². The Morgan fingerprint density at radius 3 is 2.45 bits per heavy atom. The highest BCUT2D eigenvalue weighted by Crippen LogP contribution is 2.28. The molecule has 110 valence electrons. The van der Waals surface area contributed by atoms with E-state index in [0.29, 0.717) is 18.4 Å². The molecule has 1 unspecified atom stereocenters. The average molecular weight is 292 g/mol. The van der Waals surface area contributed by atoms with Gasteiger partial charge < -0.3 is 5.11 Å². The lowest BCUT2D eigenvalue weighted by Gasteiger charge is -2.01. The number of carbonyl (C=O) groups is 2. The number of allylic oxidation sites excluding steroid dienone is 1. The van der Waals surface area contributed by atoms with E-state index in [2.05, 4.69) is 0 Å². The summed E-state index contributed by atoms with van der Waals surface area (Å²) in [6, 6.07) is 15.1. The Balaban J connectivity index is 1.77. The zero-order chi connectivity index (χ0) is 15.5. The standard InChI is InChI=1S/C19H16O3/c20-18(9-6-13-4-2-1-3-5-13)15-8-7-14-10-17(19(21)22)12-16(14)11-15/h1-9,11,17H,10,12H2,(H,21,22). The smallest absolute Gasteiger partial charge is 0.307 e. The summed E-state index contributed by atoms with van der Waals surface area (Å²) >= 11 is 0. The maximum atomic E-state index is 12.2. The van der Waals surface area contributed by atoms with Gasteiger partial charge in [-0.3, -0.25) is 9.59 Å². The third-order valence-electron chi connectivity index (χ3n) is 4.00. The van der Waals surface area contributed by atoms with E-state index in [0.717, 1.165) is 16.7 Å². The molecule has 0 heterocycles. The van der Waals surface area contributed by atoms with Crippen molar-refractivity contribution in [3.63, 3.8) is 0 Å². The number of benzene rings is 2. The second kappa shape index (κ2) is 5.98. The van der Waals surface area contributed by atoms with Gasteiger partial charge in [0.2, 0.25) is 0 Å². The molecule has 1 aliphatic carbocycles. The third-order valence-corrected chi connectivity index (χ3v) is 4.00. The number of rotatable bonds is 4. The first-order valence-electron chi connectivity index (χ1n) is 7.25. The van der Waals surface area contributed by atoms with Crippen molar-refractivity contribution in [2.45, 2.75) is 12.8 Å². The Labute approximate surface area is 128 Å². The fourth-order valence-electron chi connectivity index (χ4n) is 2.78.